The molecular weight excluding hydrogens is 263 g/mol. The van der Waals surface area contributed by atoms with Gasteiger partial charge in [0.1, 0.15) is 5.82 Å². The molecule has 1 aromatic rings. The number of carboxylic acids is 1. The lowest BCUT2D eigenvalue weighted by molar-refractivity contribution is -0.174. The van der Waals surface area contributed by atoms with E-state index in [1.165, 1.54) is 0 Å². The van der Waals surface area contributed by atoms with Crippen LogP contribution >= 0.6 is 0 Å². The fourth-order valence-electron chi connectivity index (χ4n) is 2.14. The maximum atomic E-state index is 13.0. The van der Waals surface area contributed by atoms with Crippen molar-refractivity contribution in [2.24, 2.45) is 5.92 Å². The highest BCUT2D eigenvalue weighted by Gasteiger charge is 2.46. The number of fused-ring (bicyclic) bond motifs is 1. The molecule has 106 valence electrons. The van der Waals surface area contributed by atoms with Crippen molar-refractivity contribution in [1.29, 1.82) is 0 Å². The van der Waals surface area contributed by atoms with Crippen LogP contribution in [0, 0.1) is 5.92 Å². The summed E-state index contributed by atoms with van der Waals surface area (Å²) in [6.45, 7) is 3.63. The Balaban J connectivity index is 2.44. The average molecular weight is 277 g/mol. The van der Waals surface area contributed by atoms with Crippen molar-refractivity contribution in [3.8, 4) is 0 Å². The lowest BCUT2D eigenvalue weighted by Gasteiger charge is -2.35. The van der Waals surface area contributed by atoms with Gasteiger partial charge in [0.05, 0.1) is 0 Å². The standard InChI is InChI=1S/C11H14F3N3O2/c1-5(2)6-3-8(11(12,13)14)17-9(15-6)4-7(16-17)10(18)19/h4-6,8,15H,3H2,1-2H3,(H,18,19)/t6-,8-/m1/s1. The number of alkyl halides is 3. The number of rotatable bonds is 2. The van der Waals surface area contributed by atoms with E-state index < -0.39 is 18.2 Å². The Morgan fingerprint density at radius 1 is 1.58 bits per heavy atom. The predicted octanol–water partition coefficient (Wildman–Crippen LogP) is 2.52. The first-order valence-electron chi connectivity index (χ1n) is 5.86. The molecule has 2 heterocycles. The molecule has 0 fully saturated rings. The molecule has 0 amide bonds. The smallest absolute Gasteiger partial charge is 0.410 e. The van der Waals surface area contributed by atoms with Gasteiger partial charge in [0.15, 0.2) is 11.7 Å². The molecule has 2 atom stereocenters. The van der Waals surface area contributed by atoms with Crippen molar-refractivity contribution in [3.05, 3.63) is 11.8 Å². The van der Waals surface area contributed by atoms with Gasteiger partial charge in [0.25, 0.3) is 0 Å². The highest BCUT2D eigenvalue weighted by Crippen LogP contribution is 2.40. The number of nitrogens with zero attached hydrogens (tertiary/aromatic N) is 2. The fraction of sp³-hybridized carbons (Fsp3) is 0.636. The molecule has 19 heavy (non-hydrogen) atoms. The van der Waals surface area contributed by atoms with Crippen molar-refractivity contribution in [3.63, 3.8) is 0 Å². The summed E-state index contributed by atoms with van der Waals surface area (Å²) in [7, 11) is 0. The Kier molecular flexibility index (Phi) is 3.19. The summed E-state index contributed by atoms with van der Waals surface area (Å²) in [5.41, 5.74) is -0.388. The van der Waals surface area contributed by atoms with Gasteiger partial charge in [0.2, 0.25) is 0 Å². The van der Waals surface area contributed by atoms with E-state index in [-0.39, 0.29) is 29.9 Å². The summed E-state index contributed by atoms with van der Waals surface area (Å²) in [6.07, 6.45) is -4.61. The van der Waals surface area contributed by atoms with E-state index >= 15 is 0 Å². The van der Waals surface area contributed by atoms with Crippen LogP contribution in [0.1, 0.15) is 36.8 Å². The quantitative estimate of drug-likeness (QED) is 0.871. The molecule has 0 spiro atoms. The van der Waals surface area contributed by atoms with Crippen molar-refractivity contribution in [2.45, 2.75) is 38.5 Å². The Bertz CT molecular complexity index is 496. The van der Waals surface area contributed by atoms with Crippen LogP contribution < -0.4 is 5.32 Å². The highest BCUT2D eigenvalue weighted by molar-refractivity contribution is 5.86. The monoisotopic (exact) mass is 277 g/mol. The van der Waals surface area contributed by atoms with Gasteiger partial charge in [-0.05, 0) is 12.3 Å². The molecule has 5 nitrogen and oxygen atoms in total. The molecule has 1 aliphatic heterocycles. The molecule has 0 radical (unpaired) electrons. The average Bonchev–Trinajstić information content (AvgIpc) is 2.69. The van der Waals surface area contributed by atoms with Crippen LogP contribution in [0.2, 0.25) is 0 Å². The van der Waals surface area contributed by atoms with E-state index in [0.717, 1.165) is 10.7 Å². The maximum Gasteiger partial charge on any atom is 0.410 e. The Labute approximate surface area is 107 Å². The van der Waals surface area contributed by atoms with E-state index in [1.807, 2.05) is 13.8 Å². The number of hydrogen-bond acceptors (Lipinski definition) is 3. The van der Waals surface area contributed by atoms with Crippen molar-refractivity contribution >= 4 is 11.8 Å². The number of anilines is 1. The zero-order valence-corrected chi connectivity index (χ0v) is 10.4. The molecule has 0 saturated heterocycles. The van der Waals surface area contributed by atoms with Gasteiger partial charge in [0, 0.05) is 12.1 Å². The van der Waals surface area contributed by atoms with Crippen molar-refractivity contribution in [1.82, 2.24) is 9.78 Å². The minimum absolute atomic E-state index is 0.00165. The molecule has 8 heteroatoms. The lowest BCUT2D eigenvalue weighted by Crippen LogP contribution is -2.41. The summed E-state index contributed by atoms with van der Waals surface area (Å²) in [5, 5.41) is 15.3. The number of carboxylic acid groups (broad SMARTS) is 1. The van der Waals surface area contributed by atoms with E-state index in [2.05, 4.69) is 10.4 Å². The molecule has 2 N–H and O–H groups in total. The van der Waals surface area contributed by atoms with Crippen LogP contribution in [0.3, 0.4) is 0 Å². The number of carbonyl (C=O) groups is 1. The summed E-state index contributed by atoms with van der Waals surface area (Å²) in [5.74, 6) is -1.24. The predicted molar refractivity (Wildman–Crippen MR) is 61.1 cm³/mol. The lowest BCUT2D eigenvalue weighted by atomic mass is 9.94. The molecule has 2 rings (SSSR count). The summed E-state index contributed by atoms with van der Waals surface area (Å²) in [4.78, 5) is 10.8. The Hall–Kier alpha value is -1.73. The SMILES string of the molecule is CC(C)[C@H]1C[C@H](C(F)(F)F)n2nc(C(=O)O)cc2N1. The zero-order chi connectivity index (χ0) is 14.4. The number of aromatic carboxylic acids is 1. The number of halogens is 3. The van der Waals surface area contributed by atoms with Gasteiger partial charge in [-0.25, -0.2) is 9.48 Å². The van der Waals surface area contributed by atoms with Gasteiger partial charge in [-0.2, -0.15) is 18.3 Å². The van der Waals surface area contributed by atoms with Gasteiger partial charge in [-0.3, -0.25) is 0 Å². The van der Waals surface area contributed by atoms with Crippen molar-refractivity contribution < 1.29 is 23.1 Å². The molecule has 1 aromatic heterocycles. The van der Waals surface area contributed by atoms with Gasteiger partial charge in [-0.15, -0.1) is 0 Å². The summed E-state index contributed by atoms with van der Waals surface area (Å²) >= 11 is 0. The van der Waals surface area contributed by atoms with Gasteiger partial charge >= 0.3 is 12.1 Å². The third-order valence-corrected chi connectivity index (χ3v) is 3.24. The second-order valence-electron chi connectivity index (χ2n) is 4.95. The third kappa shape index (κ3) is 2.52. The molecular formula is C11H14F3N3O2. The maximum absolute atomic E-state index is 13.0. The van der Waals surface area contributed by atoms with Gasteiger partial charge in [-0.1, -0.05) is 13.8 Å². The molecule has 1 aliphatic rings. The van der Waals surface area contributed by atoms with Crippen LogP contribution in [-0.4, -0.2) is 33.1 Å². The Morgan fingerprint density at radius 2 is 2.21 bits per heavy atom. The second-order valence-corrected chi connectivity index (χ2v) is 4.95. The van der Waals surface area contributed by atoms with Crippen LogP contribution in [0.4, 0.5) is 19.0 Å². The highest BCUT2D eigenvalue weighted by atomic mass is 19.4. The number of nitrogens with one attached hydrogen (secondary N) is 1. The van der Waals surface area contributed by atoms with E-state index in [9.17, 15) is 18.0 Å². The number of aromatic nitrogens is 2. The normalized spacial score (nSPS) is 23.1. The first kappa shape index (κ1) is 13.7. The summed E-state index contributed by atoms with van der Waals surface area (Å²) in [6, 6.07) is -1.02. The van der Waals surface area contributed by atoms with Gasteiger partial charge < -0.3 is 10.4 Å². The first-order chi connectivity index (χ1) is 8.70. The minimum atomic E-state index is -4.45. The summed E-state index contributed by atoms with van der Waals surface area (Å²) < 4.78 is 39.8. The fourth-order valence-corrected chi connectivity index (χ4v) is 2.14. The van der Waals surface area contributed by atoms with Crippen LogP contribution in [-0.2, 0) is 0 Å². The van der Waals surface area contributed by atoms with Crippen LogP contribution in [0.25, 0.3) is 0 Å². The Morgan fingerprint density at radius 3 is 2.68 bits per heavy atom. The zero-order valence-electron chi connectivity index (χ0n) is 10.4. The molecule has 0 aliphatic carbocycles. The second kappa shape index (κ2) is 4.43. The van der Waals surface area contributed by atoms with E-state index in [1.54, 1.807) is 0 Å². The number of hydrogen-bond donors (Lipinski definition) is 2. The van der Waals surface area contributed by atoms with E-state index in [0.29, 0.717) is 0 Å². The molecule has 0 unspecified atom stereocenters. The van der Waals surface area contributed by atoms with E-state index in [4.69, 9.17) is 5.11 Å². The topological polar surface area (TPSA) is 67.2 Å². The molecule has 0 bridgehead atoms. The molecule has 0 aromatic carbocycles. The van der Waals surface area contributed by atoms with Crippen molar-refractivity contribution in [2.75, 3.05) is 5.32 Å². The molecule has 0 saturated carbocycles. The van der Waals surface area contributed by atoms with Crippen LogP contribution in [0.5, 0.6) is 0 Å². The first-order valence-corrected chi connectivity index (χ1v) is 5.86. The largest absolute Gasteiger partial charge is 0.476 e. The third-order valence-electron chi connectivity index (χ3n) is 3.24. The minimum Gasteiger partial charge on any atom is -0.476 e. The van der Waals surface area contributed by atoms with Crippen LogP contribution in [0.15, 0.2) is 6.07 Å².